The van der Waals surface area contributed by atoms with Crippen molar-refractivity contribution < 1.29 is 13.9 Å². The highest BCUT2D eigenvalue weighted by molar-refractivity contribution is 5.80. The number of ether oxygens (including phenoxy) is 2. The van der Waals surface area contributed by atoms with Gasteiger partial charge in [0.05, 0.1) is 6.61 Å². The molecule has 5 nitrogen and oxygen atoms in total. The predicted octanol–water partition coefficient (Wildman–Crippen LogP) is 3.92. The molecule has 0 fully saturated rings. The van der Waals surface area contributed by atoms with Crippen molar-refractivity contribution in [1.82, 2.24) is 5.32 Å². The number of fused-ring (bicyclic) bond motifs is 1. The number of rotatable bonds is 9. The van der Waals surface area contributed by atoms with Gasteiger partial charge in [0, 0.05) is 24.5 Å². The molecule has 0 saturated carbocycles. The summed E-state index contributed by atoms with van der Waals surface area (Å²) in [5, 5.41) is 4.29. The van der Waals surface area contributed by atoms with Crippen molar-refractivity contribution in [2.45, 2.75) is 26.8 Å². The molecule has 0 aliphatic carbocycles. The van der Waals surface area contributed by atoms with E-state index in [-0.39, 0.29) is 5.63 Å². The fraction of sp³-hybridized carbons (Fsp3) is 0.318. The summed E-state index contributed by atoms with van der Waals surface area (Å²) < 4.78 is 16.5. The zero-order chi connectivity index (χ0) is 19.1. The summed E-state index contributed by atoms with van der Waals surface area (Å²) in [6.45, 7) is 6.47. The van der Waals surface area contributed by atoms with Crippen LogP contribution in [0.25, 0.3) is 11.0 Å². The number of hydrogen-bond acceptors (Lipinski definition) is 5. The molecule has 0 aliphatic rings. The molecule has 142 valence electrons. The summed E-state index contributed by atoms with van der Waals surface area (Å²) in [5.74, 6) is 1.64. The largest absolute Gasteiger partial charge is 0.494 e. The van der Waals surface area contributed by atoms with Crippen molar-refractivity contribution in [3.8, 4) is 11.5 Å². The van der Waals surface area contributed by atoms with Crippen molar-refractivity contribution >= 4 is 11.0 Å². The van der Waals surface area contributed by atoms with E-state index in [4.69, 9.17) is 13.9 Å². The Labute approximate surface area is 158 Å². The molecule has 0 atom stereocenters. The lowest BCUT2D eigenvalue weighted by molar-refractivity contribution is 0.311. The summed E-state index contributed by atoms with van der Waals surface area (Å²) in [4.78, 5) is 11.8. The third-order valence-electron chi connectivity index (χ3n) is 4.30. The van der Waals surface area contributed by atoms with Crippen LogP contribution >= 0.6 is 0 Å². The molecule has 1 aromatic heterocycles. The molecule has 0 amide bonds. The van der Waals surface area contributed by atoms with Gasteiger partial charge in [-0.15, -0.1) is 0 Å². The van der Waals surface area contributed by atoms with Gasteiger partial charge in [0.1, 0.15) is 23.7 Å². The summed E-state index contributed by atoms with van der Waals surface area (Å²) in [6.07, 6.45) is 0.908. The molecular formula is C22H25NO4. The van der Waals surface area contributed by atoms with Gasteiger partial charge in [-0.1, -0.05) is 19.1 Å². The molecule has 27 heavy (non-hydrogen) atoms. The molecule has 3 aromatic rings. The van der Waals surface area contributed by atoms with Gasteiger partial charge in [0.15, 0.2) is 0 Å². The predicted molar refractivity (Wildman–Crippen MR) is 107 cm³/mol. The minimum absolute atomic E-state index is 0.321. The van der Waals surface area contributed by atoms with Gasteiger partial charge in [-0.3, -0.25) is 0 Å². The van der Waals surface area contributed by atoms with Gasteiger partial charge in [-0.2, -0.15) is 0 Å². The van der Waals surface area contributed by atoms with Crippen LogP contribution in [0.15, 0.2) is 57.7 Å². The average Bonchev–Trinajstić information content (AvgIpc) is 2.68. The van der Waals surface area contributed by atoms with Gasteiger partial charge < -0.3 is 19.2 Å². The molecule has 0 radical (unpaired) electrons. The Morgan fingerprint density at radius 2 is 1.70 bits per heavy atom. The van der Waals surface area contributed by atoms with E-state index in [2.05, 4.69) is 18.3 Å². The highest BCUT2D eigenvalue weighted by Gasteiger charge is 2.06. The molecule has 0 saturated heterocycles. The zero-order valence-electron chi connectivity index (χ0n) is 15.8. The second kappa shape index (κ2) is 9.24. The van der Waals surface area contributed by atoms with Gasteiger partial charge in [-0.25, -0.2) is 4.79 Å². The molecule has 0 aliphatic heterocycles. The molecule has 1 heterocycles. The third kappa shape index (κ3) is 5.11. The molecule has 0 bridgehead atoms. The fourth-order valence-electron chi connectivity index (χ4n) is 2.90. The minimum Gasteiger partial charge on any atom is -0.494 e. The first-order valence-electron chi connectivity index (χ1n) is 9.31. The SMILES string of the molecule is CCOc1ccc(OCCNCc2cc(=O)oc3cc(CC)ccc23)cc1. The van der Waals surface area contributed by atoms with E-state index in [9.17, 15) is 4.79 Å². The second-order valence-electron chi connectivity index (χ2n) is 6.20. The van der Waals surface area contributed by atoms with E-state index in [1.165, 1.54) is 0 Å². The second-order valence-corrected chi connectivity index (χ2v) is 6.20. The Balaban J connectivity index is 1.53. The minimum atomic E-state index is -0.321. The van der Waals surface area contributed by atoms with Crippen LogP contribution in [-0.4, -0.2) is 19.8 Å². The highest BCUT2D eigenvalue weighted by atomic mass is 16.5. The normalized spacial score (nSPS) is 10.9. The van der Waals surface area contributed by atoms with Crippen molar-refractivity contribution in [3.05, 3.63) is 70.1 Å². The van der Waals surface area contributed by atoms with Gasteiger partial charge in [-0.05, 0) is 54.8 Å². The molecule has 2 aromatic carbocycles. The van der Waals surface area contributed by atoms with Crippen molar-refractivity contribution in [1.29, 1.82) is 0 Å². The van der Waals surface area contributed by atoms with Crippen LogP contribution in [0, 0.1) is 0 Å². The molecule has 0 spiro atoms. The van der Waals surface area contributed by atoms with E-state index >= 15 is 0 Å². The van der Waals surface area contributed by atoms with Crippen LogP contribution in [0.5, 0.6) is 11.5 Å². The van der Waals surface area contributed by atoms with Gasteiger partial charge in [0.25, 0.3) is 0 Å². The Morgan fingerprint density at radius 1 is 0.963 bits per heavy atom. The maximum absolute atomic E-state index is 11.8. The Hall–Kier alpha value is -2.79. The lowest BCUT2D eigenvalue weighted by Gasteiger charge is -2.10. The molecule has 3 rings (SSSR count). The van der Waals surface area contributed by atoms with Crippen molar-refractivity contribution in [2.75, 3.05) is 19.8 Å². The fourth-order valence-corrected chi connectivity index (χ4v) is 2.90. The van der Waals surface area contributed by atoms with Crippen molar-refractivity contribution in [2.24, 2.45) is 0 Å². The van der Waals surface area contributed by atoms with Crippen LogP contribution in [0.2, 0.25) is 0 Å². The maximum Gasteiger partial charge on any atom is 0.336 e. The van der Waals surface area contributed by atoms with Crippen LogP contribution in [-0.2, 0) is 13.0 Å². The molecule has 5 heteroatoms. The summed E-state index contributed by atoms with van der Waals surface area (Å²) in [6, 6.07) is 15.2. The molecular weight excluding hydrogens is 342 g/mol. The topological polar surface area (TPSA) is 60.7 Å². The summed E-state index contributed by atoms with van der Waals surface area (Å²) in [7, 11) is 0. The van der Waals surface area contributed by atoms with E-state index in [1.54, 1.807) is 6.07 Å². The standard InChI is InChI=1S/C22H25NO4/c1-3-16-5-10-20-17(14-22(24)27-21(20)13-16)15-23-11-12-26-19-8-6-18(7-9-19)25-4-2/h5-10,13-14,23H,3-4,11-12,15H2,1-2H3. The highest BCUT2D eigenvalue weighted by Crippen LogP contribution is 2.19. The van der Waals surface area contributed by atoms with E-state index in [0.717, 1.165) is 34.4 Å². The third-order valence-corrected chi connectivity index (χ3v) is 4.30. The first-order valence-corrected chi connectivity index (χ1v) is 9.31. The Morgan fingerprint density at radius 3 is 2.41 bits per heavy atom. The maximum atomic E-state index is 11.8. The smallest absolute Gasteiger partial charge is 0.336 e. The first kappa shape index (κ1) is 19.0. The van der Waals surface area contributed by atoms with Crippen LogP contribution in [0.3, 0.4) is 0 Å². The Kier molecular flexibility index (Phi) is 6.49. The average molecular weight is 367 g/mol. The lowest BCUT2D eigenvalue weighted by Crippen LogP contribution is -2.21. The van der Waals surface area contributed by atoms with Gasteiger partial charge in [0.2, 0.25) is 0 Å². The van der Waals surface area contributed by atoms with Crippen LogP contribution < -0.4 is 20.4 Å². The first-order chi connectivity index (χ1) is 13.2. The zero-order valence-corrected chi connectivity index (χ0v) is 15.8. The quantitative estimate of drug-likeness (QED) is 0.459. The number of nitrogens with one attached hydrogen (secondary N) is 1. The van der Waals surface area contributed by atoms with Crippen LogP contribution in [0.1, 0.15) is 25.0 Å². The van der Waals surface area contributed by atoms with E-state index in [0.29, 0.717) is 31.9 Å². The monoisotopic (exact) mass is 367 g/mol. The van der Waals surface area contributed by atoms with E-state index in [1.807, 2.05) is 43.3 Å². The summed E-state index contributed by atoms with van der Waals surface area (Å²) >= 11 is 0. The van der Waals surface area contributed by atoms with E-state index < -0.39 is 0 Å². The number of benzene rings is 2. The van der Waals surface area contributed by atoms with Crippen molar-refractivity contribution in [3.63, 3.8) is 0 Å². The Bertz CT molecular complexity index is 931. The lowest BCUT2D eigenvalue weighted by atomic mass is 10.1. The van der Waals surface area contributed by atoms with Crippen LogP contribution in [0.4, 0.5) is 0 Å². The van der Waals surface area contributed by atoms with Gasteiger partial charge >= 0.3 is 5.63 Å². The molecule has 1 N–H and O–H groups in total. The summed E-state index contributed by atoms with van der Waals surface area (Å²) in [5.41, 5.74) is 2.41. The molecule has 0 unspecified atom stereocenters. The number of aryl methyl sites for hydroxylation is 1. The number of hydrogen-bond donors (Lipinski definition) is 1.